The van der Waals surface area contributed by atoms with Crippen molar-refractivity contribution in [3.05, 3.63) is 33.8 Å². The Bertz CT molecular complexity index is 425. The van der Waals surface area contributed by atoms with E-state index in [2.05, 4.69) is 0 Å². The number of ether oxygens (including phenoxy) is 1. The summed E-state index contributed by atoms with van der Waals surface area (Å²) >= 11 is 11.9. The molecule has 4 heteroatoms. The average Bonchev–Trinajstić information content (AvgIpc) is 3.02. The smallest absolute Gasteiger partial charge is 0.312 e. The number of hydrogen-bond donors (Lipinski definition) is 0. The maximum Gasteiger partial charge on any atom is 0.312 e. The Morgan fingerprint density at radius 2 is 2.12 bits per heavy atom. The molecule has 1 saturated carbocycles. The lowest BCUT2D eigenvalue weighted by atomic mass is 9.96. The third-order valence-corrected chi connectivity index (χ3v) is 3.60. The topological polar surface area (TPSA) is 26.3 Å². The summed E-state index contributed by atoms with van der Waals surface area (Å²) in [5.41, 5.74) is 0.612. The highest BCUT2D eigenvalue weighted by Gasteiger charge is 2.51. The molecule has 1 aliphatic rings. The standard InChI is InChI=1S/C12H12Cl2O2/c1-16-11(15)12(4-5-12)7-8-2-3-9(13)6-10(8)14/h2-3,6H,4-5,7H2,1H3. The molecule has 86 valence electrons. The molecule has 0 radical (unpaired) electrons. The lowest BCUT2D eigenvalue weighted by molar-refractivity contribution is -0.147. The number of carbonyl (C=O) groups is 1. The molecule has 1 aromatic rings. The molecule has 2 nitrogen and oxygen atoms in total. The molecule has 0 N–H and O–H groups in total. The number of rotatable bonds is 3. The molecule has 16 heavy (non-hydrogen) atoms. The Morgan fingerprint density at radius 3 is 2.62 bits per heavy atom. The minimum Gasteiger partial charge on any atom is -0.469 e. The van der Waals surface area contributed by atoms with E-state index in [4.69, 9.17) is 27.9 Å². The lowest BCUT2D eigenvalue weighted by Crippen LogP contribution is -2.20. The fourth-order valence-corrected chi connectivity index (χ4v) is 2.33. The van der Waals surface area contributed by atoms with Gasteiger partial charge in [-0.1, -0.05) is 29.3 Å². The van der Waals surface area contributed by atoms with Crippen molar-refractivity contribution in [1.29, 1.82) is 0 Å². The van der Waals surface area contributed by atoms with Crippen molar-refractivity contribution in [2.45, 2.75) is 19.3 Å². The molecular weight excluding hydrogens is 247 g/mol. The van der Waals surface area contributed by atoms with Crippen LogP contribution in [0, 0.1) is 5.41 Å². The zero-order chi connectivity index (χ0) is 11.8. The van der Waals surface area contributed by atoms with Crippen LogP contribution in [-0.4, -0.2) is 13.1 Å². The van der Waals surface area contributed by atoms with Gasteiger partial charge in [0.05, 0.1) is 12.5 Å². The Balaban J connectivity index is 2.18. The van der Waals surface area contributed by atoms with Crippen molar-refractivity contribution in [3.8, 4) is 0 Å². The lowest BCUT2D eigenvalue weighted by Gasteiger charge is -2.13. The van der Waals surface area contributed by atoms with Crippen LogP contribution in [0.25, 0.3) is 0 Å². The number of methoxy groups -OCH3 is 1. The van der Waals surface area contributed by atoms with Gasteiger partial charge >= 0.3 is 5.97 Å². The maximum absolute atomic E-state index is 11.6. The van der Waals surface area contributed by atoms with Gasteiger partial charge in [0.25, 0.3) is 0 Å². The molecule has 0 unspecified atom stereocenters. The summed E-state index contributed by atoms with van der Waals surface area (Å²) in [6, 6.07) is 5.36. The van der Waals surface area contributed by atoms with Gasteiger partial charge in [-0.25, -0.2) is 0 Å². The third-order valence-electron chi connectivity index (χ3n) is 3.02. The van der Waals surface area contributed by atoms with E-state index in [9.17, 15) is 4.79 Å². The van der Waals surface area contributed by atoms with E-state index in [0.29, 0.717) is 16.5 Å². The first-order chi connectivity index (χ1) is 7.57. The number of halogens is 2. The van der Waals surface area contributed by atoms with Crippen molar-refractivity contribution in [1.82, 2.24) is 0 Å². The van der Waals surface area contributed by atoms with E-state index in [1.165, 1.54) is 7.11 Å². The van der Waals surface area contributed by atoms with Gasteiger partial charge in [0.2, 0.25) is 0 Å². The fourth-order valence-electron chi connectivity index (χ4n) is 1.85. The summed E-state index contributed by atoms with van der Waals surface area (Å²) in [6.45, 7) is 0. The second-order valence-corrected chi connectivity index (χ2v) is 5.03. The highest BCUT2D eigenvalue weighted by atomic mass is 35.5. The van der Waals surface area contributed by atoms with E-state index >= 15 is 0 Å². The van der Waals surface area contributed by atoms with Gasteiger partial charge in [-0.2, -0.15) is 0 Å². The zero-order valence-electron chi connectivity index (χ0n) is 8.93. The second-order valence-electron chi connectivity index (χ2n) is 4.18. The highest BCUT2D eigenvalue weighted by molar-refractivity contribution is 6.35. The van der Waals surface area contributed by atoms with Crippen LogP contribution in [0.4, 0.5) is 0 Å². The van der Waals surface area contributed by atoms with Crippen LogP contribution in [0.15, 0.2) is 18.2 Å². The predicted octanol–water partition coefficient (Wildman–Crippen LogP) is 3.49. The van der Waals surface area contributed by atoms with Gasteiger partial charge in [-0.3, -0.25) is 4.79 Å². The van der Waals surface area contributed by atoms with Crippen LogP contribution in [-0.2, 0) is 16.0 Å². The van der Waals surface area contributed by atoms with Crippen LogP contribution >= 0.6 is 23.2 Å². The maximum atomic E-state index is 11.6. The van der Waals surface area contributed by atoms with Crippen molar-refractivity contribution < 1.29 is 9.53 Å². The monoisotopic (exact) mass is 258 g/mol. The van der Waals surface area contributed by atoms with Crippen LogP contribution in [0.1, 0.15) is 18.4 Å². The SMILES string of the molecule is COC(=O)C1(Cc2ccc(Cl)cc2Cl)CC1. The van der Waals surface area contributed by atoms with Crippen molar-refractivity contribution >= 4 is 29.2 Å². The second kappa shape index (κ2) is 4.27. The molecule has 1 aromatic carbocycles. The van der Waals surface area contributed by atoms with Crippen LogP contribution in [0.2, 0.25) is 10.0 Å². The molecule has 0 amide bonds. The predicted molar refractivity (Wildman–Crippen MR) is 63.8 cm³/mol. The molecule has 0 aliphatic heterocycles. The van der Waals surface area contributed by atoms with Crippen molar-refractivity contribution in [3.63, 3.8) is 0 Å². The van der Waals surface area contributed by atoms with Gasteiger partial charge in [-0.15, -0.1) is 0 Å². The molecule has 2 rings (SSSR count). The van der Waals surface area contributed by atoms with Crippen molar-refractivity contribution in [2.24, 2.45) is 5.41 Å². The van der Waals surface area contributed by atoms with Gasteiger partial charge in [0, 0.05) is 10.0 Å². The highest BCUT2D eigenvalue weighted by Crippen LogP contribution is 2.50. The van der Waals surface area contributed by atoms with Gasteiger partial charge in [0.1, 0.15) is 0 Å². The Hall–Kier alpha value is -0.730. The summed E-state index contributed by atoms with van der Waals surface area (Å²) in [5.74, 6) is -0.140. The first kappa shape index (κ1) is 11.7. The quantitative estimate of drug-likeness (QED) is 0.776. The molecular formula is C12H12Cl2O2. The van der Waals surface area contributed by atoms with E-state index in [1.807, 2.05) is 6.07 Å². The molecule has 1 aliphatic carbocycles. The summed E-state index contributed by atoms with van der Waals surface area (Å²) in [5, 5.41) is 1.22. The number of benzene rings is 1. The summed E-state index contributed by atoms with van der Waals surface area (Å²) in [7, 11) is 1.42. The van der Waals surface area contributed by atoms with Crippen LogP contribution < -0.4 is 0 Å². The number of esters is 1. The van der Waals surface area contributed by atoms with E-state index < -0.39 is 0 Å². The number of hydrogen-bond acceptors (Lipinski definition) is 2. The largest absolute Gasteiger partial charge is 0.469 e. The first-order valence-corrected chi connectivity index (χ1v) is 5.85. The summed E-state index contributed by atoms with van der Waals surface area (Å²) < 4.78 is 4.81. The first-order valence-electron chi connectivity index (χ1n) is 5.10. The van der Waals surface area contributed by atoms with Crippen LogP contribution in [0.5, 0.6) is 0 Å². The average molecular weight is 259 g/mol. The van der Waals surface area contributed by atoms with E-state index in [-0.39, 0.29) is 11.4 Å². The summed E-state index contributed by atoms with van der Waals surface area (Å²) in [6.07, 6.45) is 2.38. The Labute approximate surface area is 104 Å². The van der Waals surface area contributed by atoms with Gasteiger partial charge in [-0.05, 0) is 37.0 Å². The molecule has 0 saturated heterocycles. The zero-order valence-corrected chi connectivity index (χ0v) is 10.4. The van der Waals surface area contributed by atoms with Crippen LogP contribution in [0.3, 0.4) is 0 Å². The molecule has 0 bridgehead atoms. The van der Waals surface area contributed by atoms with Crippen molar-refractivity contribution in [2.75, 3.05) is 7.11 Å². The molecule has 0 spiro atoms. The molecule has 0 heterocycles. The normalized spacial score (nSPS) is 16.9. The summed E-state index contributed by atoms with van der Waals surface area (Å²) in [4.78, 5) is 11.6. The minimum atomic E-state index is -0.341. The minimum absolute atomic E-state index is 0.140. The van der Waals surface area contributed by atoms with E-state index in [1.54, 1.807) is 12.1 Å². The fraction of sp³-hybridized carbons (Fsp3) is 0.417. The van der Waals surface area contributed by atoms with Gasteiger partial charge < -0.3 is 4.74 Å². The van der Waals surface area contributed by atoms with Gasteiger partial charge in [0.15, 0.2) is 0 Å². The molecule has 0 atom stereocenters. The third kappa shape index (κ3) is 2.18. The van der Waals surface area contributed by atoms with E-state index in [0.717, 1.165) is 18.4 Å². The Kier molecular flexibility index (Phi) is 3.13. The molecule has 1 fully saturated rings. The Morgan fingerprint density at radius 1 is 1.44 bits per heavy atom. The number of carbonyl (C=O) groups excluding carboxylic acids is 1. The molecule has 0 aromatic heterocycles.